The lowest BCUT2D eigenvalue weighted by atomic mass is 9.55. The van der Waals surface area contributed by atoms with E-state index in [0.29, 0.717) is 41.2 Å². The van der Waals surface area contributed by atoms with E-state index in [1.54, 1.807) is 6.92 Å². The van der Waals surface area contributed by atoms with Crippen molar-refractivity contribution >= 4 is 16.9 Å². The van der Waals surface area contributed by atoms with Gasteiger partial charge in [-0.05, 0) is 107 Å². The number of phenolic OH excluding ortho intramolecular Hbond substituents is 3. The first-order valence-corrected chi connectivity index (χ1v) is 15.0. The second kappa shape index (κ2) is 11.5. The number of carbonyl (C=O) groups excluding carboxylic acids is 1. The number of aryl methyl sites for hydroxylation is 2. The zero-order valence-electron chi connectivity index (χ0n) is 25.2. The Kier molecular flexibility index (Phi) is 8.15. The number of hydrogen-bond donors (Lipinski definition) is 3. The largest absolute Gasteiger partial charge is 0.508 e. The van der Waals surface area contributed by atoms with E-state index in [-0.39, 0.29) is 45.4 Å². The van der Waals surface area contributed by atoms with Crippen molar-refractivity contribution in [2.24, 2.45) is 17.3 Å². The molecule has 7 nitrogen and oxygen atoms in total. The van der Waals surface area contributed by atoms with Crippen LogP contribution in [0.2, 0.25) is 0 Å². The fraction of sp³-hybridized carbons (Fsp3) is 0.486. The average Bonchev–Trinajstić information content (AvgIpc) is 3.23. The molecule has 1 aromatic heterocycles. The maximum atomic E-state index is 11.9. The Hall–Kier alpha value is -3.74. The number of aromatic hydroxyl groups is 3. The van der Waals surface area contributed by atoms with Crippen molar-refractivity contribution in [2.45, 2.75) is 91.6 Å². The van der Waals surface area contributed by atoms with Gasteiger partial charge in [-0.3, -0.25) is 9.59 Å². The summed E-state index contributed by atoms with van der Waals surface area (Å²) in [5, 5.41) is 30.0. The first-order valence-electron chi connectivity index (χ1n) is 15.0. The van der Waals surface area contributed by atoms with Gasteiger partial charge in [0, 0.05) is 30.0 Å². The van der Waals surface area contributed by atoms with Gasteiger partial charge in [0.15, 0.2) is 5.43 Å². The van der Waals surface area contributed by atoms with Crippen molar-refractivity contribution in [1.82, 2.24) is 0 Å². The van der Waals surface area contributed by atoms with Gasteiger partial charge in [0.2, 0.25) is 0 Å². The van der Waals surface area contributed by atoms with Gasteiger partial charge in [0.1, 0.15) is 40.1 Å². The van der Waals surface area contributed by atoms with Gasteiger partial charge < -0.3 is 24.5 Å². The lowest BCUT2D eigenvalue weighted by Gasteiger charge is -2.50. The number of carbonyl (C=O) groups is 1. The zero-order chi connectivity index (χ0) is 30.3. The molecule has 0 bridgehead atoms. The van der Waals surface area contributed by atoms with E-state index in [2.05, 4.69) is 13.0 Å². The van der Waals surface area contributed by atoms with Gasteiger partial charge in [-0.15, -0.1) is 0 Å². The minimum Gasteiger partial charge on any atom is -0.508 e. The van der Waals surface area contributed by atoms with Crippen molar-refractivity contribution in [3.8, 4) is 17.2 Å². The number of rotatable bonds is 3. The number of benzene rings is 2. The quantitative estimate of drug-likeness (QED) is 0.224. The Bertz CT molecular complexity index is 1600. The lowest BCUT2D eigenvalue weighted by Crippen LogP contribution is -2.45. The van der Waals surface area contributed by atoms with E-state index in [4.69, 9.17) is 9.15 Å². The zero-order valence-corrected chi connectivity index (χ0v) is 25.2. The first kappa shape index (κ1) is 29.7. The standard InChI is InChI=1S/C20H26O3.C15H16O4/c1-12(21)23-19-8-7-18-17-5-3-13-11-14(22)4-6-15(13)16(17)9-10-20(18,19)2;1-8(2)4-5-10-11(16)7-13-14(15(10)18)12(17)6-9(3)19-13/h4,6,11,16-19,22H,3,5,7-10H2,1-2H3;4,6-7,16,18H,5H2,1-3H3. The minimum absolute atomic E-state index is 0.0729. The van der Waals surface area contributed by atoms with Gasteiger partial charge in [-0.25, -0.2) is 0 Å². The lowest BCUT2D eigenvalue weighted by molar-refractivity contribution is -0.154. The van der Waals surface area contributed by atoms with E-state index in [1.165, 1.54) is 49.4 Å². The highest BCUT2D eigenvalue weighted by molar-refractivity contribution is 5.86. The van der Waals surface area contributed by atoms with E-state index in [9.17, 15) is 24.9 Å². The highest BCUT2D eigenvalue weighted by Crippen LogP contribution is 2.61. The molecule has 0 amide bonds. The van der Waals surface area contributed by atoms with Crippen molar-refractivity contribution in [2.75, 3.05) is 0 Å². The maximum Gasteiger partial charge on any atom is 0.302 e. The summed E-state index contributed by atoms with van der Waals surface area (Å²) in [6.45, 7) is 9.37. The first-order chi connectivity index (χ1) is 19.9. The highest BCUT2D eigenvalue weighted by atomic mass is 16.5. The van der Waals surface area contributed by atoms with Crippen LogP contribution in [-0.2, 0) is 22.4 Å². The van der Waals surface area contributed by atoms with Crippen molar-refractivity contribution < 1.29 is 29.3 Å². The second-order valence-electron chi connectivity index (χ2n) is 12.8. The molecule has 5 unspecified atom stereocenters. The minimum atomic E-state index is -0.310. The third kappa shape index (κ3) is 5.53. The molecule has 224 valence electrons. The fourth-order valence-corrected chi connectivity index (χ4v) is 7.87. The van der Waals surface area contributed by atoms with Crippen LogP contribution in [0.4, 0.5) is 0 Å². The van der Waals surface area contributed by atoms with E-state index in [0.717, 1.165) is 24.8 Å². The van der Waals surface area contributed by atoms with E-state index in [1.807, 2.05) is 32.1 Å². The molecule has 6 rings (SSSR count). The molecule has 7 heteroatoms. The topological polar surface area (TPSA) is 117 Å². The molecule has 0 aliphatic heterocycles. The molecule has 3 N–H and O–H groups in total. The number of esters is 1. The van der Waals surface area contributed by atoms with Crippen LogP contribution in [0.3, 0.4) is 0 Å². The van der Waals surface area contributed by atoms with Gasteiger partial charge in [0.25, 0.3) is 0 Å². The molecule has 2 fully saturated rings. The third-order valence-corrected chi connectivity index (χ3v) is 9.84. The molecule has 2 saturated carbocycles. The molecule has 1 heterocycles. The smallest absolute Gasteiger partial charge is 0.302 e. The maximum absolute atomic E-state index is 11.9. The summed E-state index contributed by atoms with van der Waals surface area (Å²) in [6.07, 6.45) is 9.12. The van der Waals surface area contributed by atoms with E-state index < -0.39 is 0 Å². The Morgan fingerprint density at radius 2 is 1.83 bits per heavy atom. The van der Waals surface area contributed by atoms with Crippen LogP contribution in [0.5, 0.6) is 17.2 Å². The number of phenols is 3. The molecule has 5 atom stereocenters. The molecule has 0 spiro atoms. The molecule has 3 aliphatic rings. The van der Waals surface area contributed by atoms with Crippen molar-refractivity contribution in [3.05, 3.63) is 74.7 Å². The molecule has 3 aliphatic carbocycles. The average molecular weight is 575 g/mol. The third-order valence-electron chi connectivity index (χ3n) is 9.84. The van der Waals surface area contributed by atoms with Crippen LogP contribution in [0.25, 0.3) is 11.0 Å². The summed E-state index contributed by atoms with van der Waals surface area (Å²) in [7, 11) is 0. The Morgan fingerprint density at radius 1 is 1.07 bits per heavy atom. The predicted molar refractivity (Wildman–Crippen MR) is 162 cm³/mol. The molecule has 3 aromatic rings. The van der Waals surface area contributed by atoms with Gasteiger partial charge >= 0.3 is 5.97 Å². The Morgan fingerprint density at radius 3 is 2.55 bits per heavy atom. The molecule has 42 heavy (non-hydrogen) atoms. The van der Waals surface area contributed by atoms with Crippen molar-refractivity contribution in [1.29, 1.82) is 0 Å². The predicted octanol–water partition coefficient (Wildman–Crippen LogP) is 7.20. The highest BCUT2D eigenvalue weighted by Gasteiger charge is 2.56. The number of allylic oxidation sites excluding steroid dienone is 2. The van der Waals surface area contributed by atoms with Crippen LogP contribution < -0.4 is 5.43 Å². The Labute approximate surface area is 246 Å². The SMILES string of the molecule is CC(=O)OC1CCC2C3CCc4cc(O)ccc4C3CCC12C.CC(C)=CCc1c(O)cc2oc(C)cc(=O)c2c1O. The van der Waals surface area contributed by atoms with Gasteiger partial charge in [0.05, 0.1) is 0 Å². The second-order valence-corrected chi connectivity index (χ2v) is 12.8. The fourth-order valence-electron chi connectivity index (χ4n) is 7.87. The molecular formula is C35H42O7. The molecule has 0 radical (unpaired) electrons. The molecular weight excluding hydrogens is 532 g/mol. The summed E-state index contributed by atoms with van der Waals surface area (Å²) in [5.41, 5.74) is 4.23. The molecule has 0 saturated heterocycles. The number of ether oxygens (including phenoxy) is 1. The van der Waals surface area contributed by atoms with Crippen LogP contribution in [-0.4, -0.2) is 27.4 Å². The summed E-state index contributed by atoms with van der Waals surface area (Å²) in [5.74, 6) is 2.39. The van der Waals surface area contributed by atoms with Crippen LogP contribution in [0, 0.1) is 24.2 Å². The van der Waals surface area contributed by atoms with Gasteiger partial charge in [-0.1, -0.05) is 24.6 Å². The van der Waals surface area contributed by atoms with Crippen LogP contribution in [0.1, 0.15) is 88.2 Å². The van der Waals surface area contributed by atoms with Crippen LogP contribution >= 0.6 is 0 Å². The number of hydrogen-bond acceptors (Lipinski definition) is 7. The molecule has 2 aromatic carbocycles. The summed E-state index contributed by atoms with van der Waals surface area (Å²) in [4.78, 5) is 23.4. The van der Waals surface area contributed by atoms with E-state index >= 15 is 0 Å². The normalized spacial score (nSPS) is 25.8. The summed E-state index contributed by atoms with van der Waals surface area (Å²) in [6, 6.07) is 8.63. The van der Waals surface area contributed by atoms with Gasteiger partial charge in [-0.2, -0.15) is 0 Å². The van der Waals surface area contributed by atoms with Crippen LogP contribution in [0.15, 0.2) is 51.2 Å². The summed E-state index contributed by atoms with van der Waals surface area (Å²) >= 11 is 0. The monoisotopic (exact) mass is 574 g/mol. The van der Waals surface area contributed by atoms with Crippen molar-refractivity contribution in [3.63, 3.8) is 0 Å². The number of fused-ring (bicyclic) bond motifs is 6. The summed E-state index contributed by atoms with van der Waals surface area (Å²) < 4.78 is 11.0. The Balaban J connectivity index is 0.000000172.